The van der Waals surface area contributed by atoms with Gasteiger partial charge in [-0.25, -0.2) is 0 Å². The first kappa shape index (κ1) is 31.5. The van der Waals surface area contributed by atoms with Crippen LogP contribution in [0.4, 0.5) is 17.1 Å². The molecule has 0 aromatic heterocycles. The van der Waals surface area contributed by atoms with E-state index in [1.807, 2.05) is 0 Å². The lowest BCUT2D eigenvalue weighted by atomic mass is 9.43. The number of hydrogen-bond donors (Lipinski definition) is 0. The topological polar surface area (TPSA) is 3.24 Å². The van der Waals surface area contributed by atoms with E-state index in [1.165, 1.54) is 105 Å². The molecule has 2 spiro atoms. The molecule has 0 amide bonds. The summed E-state index contributed by atoms with van der Waals surface area (Å²) in [6, 6.07) is 63.5. The van der Waals surface area contributed by atoms with Crippen LogP contribution in [0.25, 0.3) is 22.3 Å². The van der Waals surface area contributed by atoms with E-state index < -0.39 is 5.41 Å². The Hall–Kier alpha value is -5.66. The lowest BCUT2D eigenvalue weighted by Gasteiger charge is -2.61. The molecule has 56 heavy (non-hydrogen) atoms. The third-order valence-corrected chi connectivity index (χ3v) is 15.6. The molecule has 14 rings (SSSR count). The molecule has 0 N–H and O–H groups in total. The van der Waals surface area contributed by atoms with Crippen molar-refractivity contribution in [3.8, 4) is 22.3 Å². The second-order valence-electron chi connectivity index (χ2n) is 17.9. The van der Waals surface area contributed by atoms with Crippen LogP contribution in [0.3, 0.4) is 0 Å². The Morgan fingerprint density at radius 2 is 0.911 bits per heavy atom. The van der Waals surface area contributed by atoms with E-state index in [-0.39, 0.29) is 5.41 Å². The normalized spacial score (nSPS) is 24.9. The SMILES string of the molecule is c1ccc(N(c2cccc3c2-c2ccccc2C32c3ccccc3CCc3ccccc32)c2cccc3c2C2(c4ccccc4-3)C3CC4CC(C3)CC2C4)cc1. The van der Waals surface area contributed by atoms with E-state index in [2.05, 4.69) is 169 Å². The fourth-order valence-corrected chi connectivity index (χ4v) is 14.1. The van der Waals surface area contributed by atoms with Gasteiger partial charge >= 0.3 is 0 Å². The van der Waals surface area contributed by atoms with Crippen LogP contribution in [0.5, 0.6) is 0 Å². The van der Waals surface area contributed by atoms with Gasteiger partial charge in [0.25, 0.3) is 0 Å². The fraction of sp³-hybridized carbons (Fsp3) is 0.236. The highest BCUT2D eigenvalue weighted by Gasteiger charge is 2.62. The van der Waals surface area contributed by atoms with Crippen LogP contribution in [0.2, 0.25) is 0 Å². The van der Waals surface area contributed by atoms with Gasteiger partial charge < -0.3 is 4.90 Å². The Morgan fingerprint density at radius 3 is 1.61 bits per heavy atom. The van der Waals surface area contributed by atoms with Crippen molar-refractivity contribution in [2.45, 2.75) is 55.8 Å². The van der Waals surface area contributed by atoms with Crippen LogP contribution in [-0.4, -0.2) is 0 Å². The van der Waals surface area contributed by atoms with E-state index in [0.29, 0.717) is 11.8 Å². The second kappa shape index (κ2) is 11.5. The van der Waals surface area contributed by atoms with Crippen molar-refractivity contribution in [3.05, 3.63) is 208 Å². The summed E-state index contributed by atoms with van der Waals surface area (Å²) in [6.45, 7) is 0. The first-order chi connectivity index (χ1) is 27.8. The van der Waals surface area contributed by atoms with Crippen molar-refractivity contribution in [2.24, 2.45) is 23.7 Å². The lowest BCUT2D eigenvalue weighted by molar-refractivity contribution is -0.0397. The summed E-state index contributed by atoms with van der Waals surface area (Å²) >= 11 is 0. The number of benzene rings is 7. The van der Waals surface area contributed by atoms with Gasteiger partial charge in [-0.05, 0) is 154 Å². The molecule has 270 valence electrons. The summed E-state index contributed by atoms with van der Waals surface area (Å²) in [5.74, 6) is 3.16. The molecule has 0 unspecified atom stereocenters. The molecular formula is C55H45N. The maximum Gasteiger partial charge on any atom is 0.0719 e. The number of nitrogens with zero attached hydrogens (tertiary/aromatic N) is 1. The Balaban J connectivity index is 1.13. The molecule has 4 fully saturated rings. The highest BCUT2D eigenvalue weighted by molar-refractivity contribution is 6.00. The molecule has 4 saturated carbocycles. The molecule has 7 aliphatic carbocycles. The van der Waals surface area contributed by atoms with Crippen LogP contribution in [0.1, 0.15) is 76.6 Å². The van der Waals surface area contributed by atoms with Gasteiger partial charge in [-0.15, -0.1) is 0 Å². The first-order valence-electron chi connectivity index (χ1n) is 21.2. The lowest BCUT2D eigenvalue weighted by Crippen LogP contribution is -2.55. The summed E-state index contributed by atoms with van der Waals surface area (Å²) in [5.41, 5.74) is 20.9. The molecule has 7 aliphatic rings. The molecule has 0 saturated heterocycles. The summed E-state index contributed by atoms with van der Waals surface area (Å²) in [7, 11) is 0. The van der Waals surface area contributed by atoms with E-state index in [9.17, 15) is 0 Å². The van der Waals surface area contributed by atoms with Crippen LogP contribution in [0.15, 0.2) is 164 Å². The van der Waals surface area contributed by atoms with E-state index in [0.717, 1.165) is 24.7 Å². The molecule has 0 radical (unpaired) electrons. The quantitative estimate of drug-likeness (QED) is 0.176. The van der Waals surface area contributed by atoms with Gasteiger partial charge in [-0.3, -0.25) is 0 Å². The van der Waals surface area contributed by atoms with Gasteiger partial charge in [-0.1, -0.05) is 140 Å². The van der Waals surface area contributed by atoms with Crippen molar-refractivity contribution in [1.29, 1.82) is 0 Å². The standard InChI is InChI=1S/C55H45N/c1-2-16-41(17-3-1)56(51-27-12-20-43-42-18-6-10-23-47(42)54(53(43)51)39-31-35-30-36(33-39)34-40(54)32-35)50-26-13-25-49-52(50)44-19-7-11-24-48(44)55(49)45-21-8-4-14-37(45)28-29-38-15-5-9-22-46(38)55/h1-27,35-36,39-40H,28-34H2. The number of para-hydroxylation sites is 1. The predicted octanol–water partition coefficient (Wildman–Crippen LogP) is 13.3. The minimum atomic E-state index is -0.411. The monoisotopic (exact) mass is 719 g/mol. The highest BCUT2D eigenvalue weighted by Crippen LogP contribution is 2.71. The second-order valence-corrected chi connectivity index (χ2v) is 17.9. The van der Waals surface area contributed by atoms with Gasteiger partial charge in [0.15, 0.2) is 0 Å². The Morgan fingerprint density at radius 1 is 0.393 bits per heavy atom. The predicted molar refractivity (Wildman–Crippen MR) is 229 cm³/mol. The van der Waals surface area contributed by atoms with Crippen LogP contribution in [-0.2, 0) is 23.7 Å². The summed E-state index contributed by atoms with van der Waals surface area (Å²) < 4.78 is 0. The molecule has 0 aliphatic heterocycles. The third-order valence-electron chi connectivity index (χ3n) is 15.6. The van der Waals surface area contributed by atoms with Crippen molar-refractivity contribution >= 4 is 17.1 Å². The molecule has 0 heterocycles. The van der Waals surface area contributed by atoms with Crippen molar-refractivity contribution < 1.29 is 0 Å². The molecule has 0 atom stereocenters. The number of hydrogen-bond acceptors (Lipinski definition) is 1. The molecule has 7 aromatic rings. The maximum absolute atomic E-state index is 2.70. The van der Waals surface area contributed by atoms with Crippen LogP contribution < -0.4 is 4.90 Å². The highest BCUT2D eigenvalue weighted by atomic mass is 15.2. The zero-order valence-corrected chi connectivity index (χ0v) is 31.8. The van der Waals surface area contributed by atoms with Gasteiger partial charge in [-0.2, -0.15) is 0 Å². The van der Waals surface area contributed by atoms with Crippen molar-refractivity contribution in [3.63, 3.8) is 0 Å². The maximum atomic E-state index is 2.70. The van der Waals surface area contributed by atoms with Crippen molar-refractivity contribution in [1.82, 2.24) is 0 Å². The van der Waals surface area contributed by atoms with E-state index in [4.69, 9.17) is 0 Å². The fourth-order valence-electron chi connectivity index (χ4n) is 14.1. The minimum absolute atomic E-state index is 0.0409. The zero-order chi connectivity index (χ0) is 36.6. The molecule has 1 nitrogen and oxygen atoms in total. The zero-order valence-electron chi connectivity index (χ0n) is 31.8. The summed E-state index contributed by atoms with van der Waals surface area (Å²) in [6.07, 6.45) is 9.03. The average molecular weight is 720 g/mol. The first-order valence-corrected chi connectivity index (χ1v) is 21.2. The van der Waals surface area contributed by atoms with E-state index >= 15 is 0 Å². The van der Waals surface area contributed by atoms with E-state index in [1.54, 1.807) is 11.1 Å². The largest absolute Gasteiger partial charge is 0.310 e. The molecular weight excluding hydrogens is 675 g/mol. The Kier molecular flexibility index (Phi) is 6.45. The number of fused-ring (bicyclic) bond motifs is 12. The third kappa shape index (κ3) is 3.87. The van der Waals surface area contributed by atoms with Gasteiger partial charge in [0.2, 0.25) is 0 Å². The van der Waals surface area contributed by atoms with Gasteiger partial charge in [0.05, 0.1) is 16.8 Å². The Labute approximate surface area is 330 Å². The average Bonchev–Trinajstić information content (AvgIpc) is 3.66. The van der Waals surface area contributed by atoms with Crippen LogP contribution in [0, 0.1) is 23.7 Å². The summed E-state index contributed by atoms with van der Waals surface area (Å²) in [5, 5.41) is 0. The number of anilines is 3. The van der Waals surface area contributed by atoms with Gasteiger partial charge in [0, 0.05) is 16.7 Å². The number of rotatable bonds is 3. The minimum Gasteiger partial charge on any atom is -0.310 e. The Bertz CT molecular complexity index is 2660. The summed E-state index contributed by atoms with van der Waals surface area (Å²) in [4.78, 5) is 2.70. The van der Waals surface area contributed by atoms with Crippen LogP contribution >= 0.6 is 0 Å². The molecule has 7 aromatic carbocycles. The van der Waals surface area contributed by atoms with Gasteiger partial charge in [0.1, 0.15) is 0 Å². The molecule has 1 heteroatoms. The smallest absolute Gasteiger partial charge is 0.0719 e. The number of aryl methyl sites for hydroxylation is 2. The van der Waals surface area contributed by atoms with Crippen molar-refractivity contribution in [2.75, 3.05) is 4.90 Å². The molecule has 4 bridgehead atoms.